The maximum absolute atomic E-state index is 13.7. The van der Waals surface area contributed by atoms with Gasteiger partial charge in [-0.2, -0.15) is 9.78 Å². The van der Waals surface area contributed by atoms with E-state index in [1.165, 1.54) is 6.07 Å². The van der Waals surface area contributed by atoms with E-state index in [9.17, 15) is 19.7 Å². The van der Waals surface area contributed by atoms with Crippen LogP contribution in [0, 0.1) is 17.0 Å². The molecule has 0 saturated carbocycles. The second-order valence-electron chi connectivity index (χ2n) is 10.1. The molecule has 6 rings (SSSR count). The molecule has 204 valence electrons. The fourth-order valence-corrected chi connectivity index (χ4v) is 5.24. The quantitative estimate of drug-likeness (QED) is 0.221. The van der Waals surface area contributed by atoms with Crippen molar-refractivity contribution in [3.63, 3.8) is 0 Å². The lowest BCUT2D eigenvalue weighted by Crippen LogP contribution is -2.48. The van der Waals surface area contributed by atoms with Gasteiger partial charge in [-0.1, -0.05) is 66.2 Å². The molecule has 0 aliphatic carbocycles. The molecule has 0 unspecified atom stereocenters. The van der Waals surface area contributed by atoms with Crippen LogP contribution in [0.15, 0.2) is 102 Å². The first-order chi connectivity index (χ1) is 19.9. The average Bonchev–Trinajstić information content (AvgIpc) is 3.01. The van der Waals surface area contributed by atoms with Gasteiger partial charge in [-0.15, -0.1) is 0 Å². The Morgan fingerprint density at radius 3 is 2.17 bits per heavy atom. The van der Waals surface area contributed by atoms with Crippen molar-refractivity contribution < 1.29 is 9.72 Å². The number of hydrogen-bond donors (Lipinski definition) is 0. The van der Waals surface area contributed by atoms with Crippen LogP contribution in [0.2, 0.25) is 0 Å². The fourth-order valence-electron chi connectivity index (χ4n) is 5.24. The Balaban J connectivity index is 1.37. The number of aromatic nitrogens is 2. The Bertz CT molecular complexity index is 1830. The number of anilines is 1. The molecular formula is C32H27N5O4. The van der Waals surface area contributed by atoms with Crippen molar-refractivity contribution in [3.8, 4) is 16.9 Å². The maximum atomic E-state index is 13.7. The van der Waals surface area contributed by atoms with Crippen molar-refractivity contribution in [2.45, 2.75) is 6.92 Å². The summed E-state index contributed by atoms with van der Waals surface area (Å²) in [4.78, 5) is 42.1. The van der Waals surface area contributed by atoms with E-state index < -0.39 is 10.5 Å². The molecule has 0 atom stereocenters. The van der Waals surface area contributed by atoms with Gasteiger partial charge in [0.25, 0.3) is 17.2 Å². The molecule has 5 aromatic rings. The summed E-state index contributed by atoms with van der Waals surface area (Å²) in [7, 11) is 0. The summed E-state index contributed by atoms with van der Waals surface area (Å²) < 4.78 is 1.14. The van der Waals surface area contributed by atoms with Crippen molar-refractivity contribution in [2.24, 2.45) is 0 Å². The predicted molar refractivity (Wildman–Crippen MR) is 159 cm³/mol. The summed E-state index contributed by atoms with van der Waals surface area (Å²) in [6.45, 7) is 4.08. The Labute approximate surface area is 236 Å². The van der Waals surface area contributed by atoms with Crippen LogP contribution in [0.5, 0.6) is 0 Å². The molecule has 0 spiro atoms. The highest BCUT2D eigenvalue weighted by atomic mass is 16.6. The van der Waals surface area contributed by atoms with Crippen molar-refractivity contribution >= 4 is 28.1 Å². The molecule has 1 saturated heterocycles. The Morgan fingerprint density at radius 2 is 1.49 bits per heavy atom. The van der Waals surface area contributed by atoms with Crippen molar-refractivity contribution in [1.82, 2.24) is 14.7 Å². The maximum Gasteiger partial charge on any atom is 0.295 e. The van der Waals surface area contributed by atoms with Crippen molar-refractivity contribution in [1.29, 1.82) is 0 Å². The first kappa shape index (κ1) is 25.9. The number of aryl methyl sites for hydroxylation is 1. The van der Waals surface area contributed by atoms with Gasteiger partial charge < -0.3 is 9.80 Å². The lowest BCUT2D eigenvalue weighted by Gasteiger charge is -2.36. The summed E-state index contributed by atoms with van der Waals surface area (Å²) in [6.07, 6.45) is 0. The largest absolute Gasteiger partial charge is 0.368 e. The van der Waals surface area contributed by atoms with E-state index in [-0.39, 0.29) is 17.3 Å². The van der Waals surface area contributed by atoms with E-state index in [1.807, 2.05) is 78.6 Å². The zero-order chi connectivity index (χ0) is 28.5. The van der Waals surface area contributed by atoms with Gasteiger partial charge >= 0.3 is 0 Å². The number of hydrogen-bond acceptors (Lipinski definition) is 6. The number of carbonyl (C=O) groups is 1. The first-order valence-corrected chi connectivity index (χ1v) is 13.4. The van der Waals surface area contributed by atoms with Gasteiger partial charge in [0.1, 0.15) is 5.69 Å². The Hall–Kier alpha value is -5.31. The smallest absolute Gasteiger partial charge is 0.295 e. The summed E-state index contributed by atoms with van der Waals surface area (Å²) in [5, 5.41) is 17.9. The van der Waals surface area contributed by atoms with Crippen LogP contribution in [0.3, 0.4) is 0 Å². The van der Waals surface area contributed by atoms with E-state index >= 15 is 0 Å². The second kappa shape index (κ2) is 10.7. The highest BCUT2D eigenvalue weighted by Gasteiger charge is 2.26. The molecule has 0 N–H and O–H groups in total. The number of fused-ring (bicyclic) bond motifs is 1. The molecule has 9 nitrogen and oxygen atoms in total. The topological polar surface area (TPSA) is 102 Å². The molecule has 0 bridgehead atoms. The fraction of sp³-hybridized carbons (Fsp3) is 0.156. The molecule has 1 aliphatic rings. The van der Waals surface area contributed by atoms with Crippen LogP contribution in [0.25, 0.3) is 27.7 Å². The van der Waals surface area contributed by atoms with Gasteiger partial charge in [0.15, 0.2) is 0 Å². The Morgan fingerprint density at radius 1 is 0.829 bits per heavy atom. The number of piperazine rings is 1. The van der Waals surface area contributed by atoms with Crippen LogP contribution in [0.4, 0.5) is 11.4 Å². The summed E-state index contributed by atoms with van der Waals surface area (Å²) in [5.41, 5.74) is 3.26. The van der Waals surface area contributed by atoms with Crippen LogP contribution in [0.1, 0.15) is 15.9 Å². The van der Waals surface area contributed by atoms with Gasteiger partial charge in [0.2, 0.25) is 0 Å². The molecule has 41 heavy (non-hydrogen) atoms. The first-order valence-electron chi connectivity index (χ1n) is 13.4. The molecule has 2 heterocycles. The van der Waals surface area contributed by atoms with E-state index in [1.54, 1.807) is 24.3 Å². The highest BCUT2D eigenvalue weighted by Crippen LogP contribution is 2.31. The van der Waals surface area contributed by atoms with Gasteiger partial charge in [-0.3, -0.25) is 19.7 Å². The third-order valence-electron chi connectivity index (χ3n) is 7.47. The van der Waals surface area contributed by atoms with Gasteiger partial charge in [0, 0.05) is 54.4 Å². The monoisotopic (exact) mass is 545 g/mol. The molecule has 0 radical (unpaired) electrons. The molecule has 1 aliphatic heterocycles. The minimum Gasteiger partial charge on any atom is -0.368 e. The van der Waals surface area contributed by atoms with Gasteiger partial charge in [-0.25, -0.2) is 0 Å². The molecule has 1 amide bonds. The van der Waals surface area contributed by atoms with Crippen molar-refractivity contribution in [2.75, 3.05) is 31.1 Å². The zero-order valence-electron chi connectivity index (χ0n) is 22.4. The number of nitrogens with zero attached hydrogens (tertiary/aromatic N) is 5. The second-order valence-corrected chi connectivity index (χ2v) is 10.1. The average molecular weight is 546 g/mol. The molecule has 4 aromatic carbocycles. The van der Waals surface area contributed by atoms with E-state index in [4.69, 9.17) is 0 Å². The lowest BCUT2D eigenvalue weighted by atomic mass is 10.1. The number of carbonyl (C=O) groups excluding carboxylic acids is 1. The number of rotatable bonds is 5. The van der Waals surface area contributed by atoms with Gasteiger partial charge in [0.05, 0.1) is 16.0 Å². The van der Waals surface area contributed by atoms with Gasteiger partial charge in [-0.05, 0) is 37.3 Å². The summed E-state index contributed by atoms with van der Waals surface area (Å²) in [5.74, 6) is -0.0191. The van der Waals surface area contributed by atoms with E-state index in [2.05, 4.69) is 10.00 Å². The normalized spacial score (nSPS) is 13.4. The SMILES string of the molecule is Cc1ccc(C(=O)N2CCN(c3ccc([N+](=O)[O-])c(-n4nc(-c5ccccc5)c5ccccc5c4=O)c3)CC2)cc1. The standard InChI is InChI=1S/C32H27N5O4/c1-22-11-13-24(14-12-22)31(38)35-19-17-34(18-20-35)25-15-16-28(37(40)41)29(21-25)36-32(39)27-10-6-5-9-26(27)30(33-36)23-7-3-2-4-8-23/h2-16,21H,17-20H2,1H3. The summed E-state index contributed by atoms with van der Waals surface area (Å²) >= 11 is 0. The van der Waals surface area contributed by atoms with E-state index in [0.717, 1.165) is 21.5 Å². The van der Waals surface area contributed by atoms with E-state index in [0.29, 0.717) is 48.2 Å². The lowest BCUT2D eigenvalue weighted by molar-refractivity contribution is -0.384. The van der Waals surface area contributed by atoms with Crippen molar-refractivity contribution in [3.05, 3.63) is 129 Å². The highest BCUT2D eigenvalue weighted by molar-refractivity contribution is 5.95. The van der Waals surface area contributed by atoms with Crippen LogP contribution < -0.4 is 10.5 Å². The number of nitro groups is 1. The number of amides is 1. The zero-order valence-corrected chi connectivity index (χ0v) is 22.4. The Kier molecular flexibility index (Phi) is 6.76. The third-order valence-corrected chi connectivity index (χ3v) is 7.47. The van der Waals surface area contributed by atoms with Crippen LogP contribution >= 0.6 is 0 Å². The third kappa shape index (κ3) is 4.93. The minimum atomic E-state index is -0.497. The molecule has 9 heteroatoms. The summed E-state index contributed by atoms with van der Waals surface area (Å²) in [6, 6.07) is 28.9. The minimum absolute atomic E-state index is 0.0191. The molecule has 1 fully saturated rings. The van der Waals surface area contributed by atoms with Crippen LogP contribution in [-0.2, 0) is 0 Å². The molecule has 1 aromatic heterocycles. The predicted octanol–water partition coefficient (Wildman–Crippen LogP) is 5.23. The molecular weight excluding hydrogens is 518 g/mol. The number of nitro benzene ring substituents is 1. The number of benzene rings is 4. The van der Waals surface area contributed by atoms with Crippen LogP contribution in [-0.4, -0.2) is 51.7 Å².